The van der Waals surface area contributed by atoms with Crippen LogP contribution in [0.5, 0.6) is 5.75 Å². The first kappa shape index (κ1) is 18.3. The number of nitrogens with one attached hydrogen (secondary N) is 2. The van der Waals surface area contributed by atoms with Gasteiger partial charge in [0.1, 0.15) is 5.75 Å². The molecular weight excluding hydrogens is 352 g/mol. The summed E-state index contributed by atoms with van der Waals surface area (Å²) in [5.41, 5.74) is 1.80. The highest BCUT2D eigenvalue weighted by atomic mass is 32.2. The van der Waals surface area contributed by atoms with E-state index in [1.165, 1.54) is 6.26 Å². The summed E-state index contributed by atoms with van der Waals surface area (Å²) in [4.78, 5) is 12.6. The number of rotatable bonds is 4. The minimum atomic E-state index is -3.23. The number of sulfone groups is 1. The molecule has 0 spiro atoms. The van der Waals surface area contributed by atoms with Crippen molar-refractivity contribution in [2.24, 2.45) is 0 Å². The van der Waals surface area contributed by atoms with E-state index in [1.807, 2.05) is 31.2 Å². The van der Waals surface area contributed by atoms with Gasteiger partial charge in [-0.25, -0.2) is 13.2 Å². The molecule has 2 N–H and O–H groups in total. The van der Waals surface area contributed by atoms with E-state index in [1.54, 1.807) is 24.3 Å². The summed E-state index contributed by atoms with van der Waals surface area (Å²) in [6.45, 7) is 2.41. The lowest BCUT2D eigenvalue weighted by Crippen LogP contribution is -2.40. The molecule has 3 rings (SSSR count). The lowest BCUT2D eigenvalue weighted by Gasteiger charge is -2.27. The van der Waals surface area contributed by atoms with Crippen LogP contribution in [0, 0.1) is 0 Å². The van der Waals surface area contributed by atoms with Crippen LogP contribution in [-0.4, -0.2) is 27.3 Å². The van der Waals surface area contributed by atoms with Gasteiger partial charge in [0.2, 0.25) is 0 Å². The van der Waals surface area contributed by atoms with E-state index in [2.05, 4.69) is 10.6 Å². The normalized spacial score (nSPS) is 17.5. The lowest BCUT2D eigenvalue weighted by atomic mass is 10.0. The van der Waals surface area contributed by atoms with Crippen LogP contribution >= 0.6 is 0 Å². The van der Waals surface area contributed by atoms with E-state index in [9.17, 15) is 13.2 Å². The molecule has 26 heavy (non-hydrogen) atoms. The minimum absolute atomic E-state index is 0.0974. The fourth-order valence-corrected chi connectivity index (χ4v) is 3.61. The number of carbonyl (C=O) groups excluding carboxylic acids is 1. The number of hydrogen-bond acceptors (Lipinski definition) is 4. The predicted octanol–water partition coefficient (Wildman–Crippen LogP) is 2.97. The van der Waals surface area contributed by atoms with Crippen LogP contribution in [0.15, 0.2) is 53.4 Å². The highest BCUT2D eigenvalue weighted by Gasteiger charge is 2.23. The number of ether oxygens (including phenoxy) is 1. The smallest absolute Gasteiger partial charge is 0.315 e. The summed E-state index contributed by atoms with van der Waals surface area (Å²) in [6, 6.07) is 13.6. The van der Waals surface area contributed by atoms with Gasteiger partial charge in [-0.15, -0.1) is 0 Å². The Morgan fingerprint density at radius 3 is 2.54 bits per heavy atom. The molecule has 0 saturated heterocycles. The average molecular weight is 374 g/mol. The monoisotopic (exact) mass is 374 g/mol. The Morgan fingerprint density at radius 2 is 1.85 bits per heavy atom. The van der Waals surface area contributed by atoms with E-state index in [4.69, 9.17) is 4.74 Å². The molecule has 0 saturated carbocycles. The third kappa shape index (κ3) is 4.16. The van der Waals surface area contributed by atoms with Gasteiger partial charge in [-0.1, -0.05) is 30.3 Å². The Morgan fingerprint density at radius 1 is 1.15 bits per heavy atom. The molecule has 0 aromatic heterocycles. The number of carbonyl (C=O) groups is 1. The maximum absolute atomic E-state index is 12.4. The van der Waals surface area contributed by atoms with Crippen molar-refractivity contribution in [2.75, 3.05) is 12.9 Å². The zero-order chi connectivity index (χ0) is 18.7. The zero-order valence-electron chi connectivity index (χ0n) is 14.7. The second kappa shape index (κ2) is 7.37. The highest BCUT2D eigenvalue weighted by molar-refractivity contribution is 7.90. The van der Waals surface area contributed by atoms with Crippen LogP contribution in [-0.2, 0) is 9.84 Å². The van der Waals surface area contributed by atoms with Gasteiger partial charge >= 0.3 is 6.03 Å². The first-order valence-electron chi connectivity index (χ1n) is 8.43. The standard InChI is InChI=1S/C19H22N2O4S/c1-13(14-7-9-15(10-8-14)26(2,23)24)20-19(22)21-17-11-12-25-18-6-4-3-5-16(17)18/h3-10,13,17H,11-12H2,1-2H3,(H2,20,21,22)/t13-,17-/m1/s1. The lowest BCUT2D eigenvalue weighted by molar-refractivity contribution is 0.221. The van der Waals surface area contributed by atoms with Crippen molar-refractivity contribution >= 4 is 15.9 Å². The molecule has 0 bridgehead atoms. The molecule has 0 fully saturated rings. The largest absolute Gasteiger partial charge is 0.493 e. The van der Waals surface area contributed by atoms with Gasteiger partial charge in [0, 0.05) is 18.2 Å². The molecule has 2 atom stereocenters. The molecule has 1 heterocycles. The van der Waals surface area contributed by atoms with Crippen LogP contribution in [0.2, 0.25) is 0 Å². The molecule has 0 radical (unpaired) electrons. The third-order valence-electron chi connectivity index (χ3n) is 4.42. The van der Waals surface area contributed by atoms with Gasteiger partial charge in [-0.3, -0.25) is 0 Å². The number of amides is 2. The van der Waals surface area contributed by atoms with Crippen molar-refractivity contribution in [1.82, 2.24) is 10.6 Å². The van der Waals surface area contributed by atoms with Crippen molar-refractivity contribution < 1.29 is 17.9 Å². The fraction of sp³-hybridized carbons (Fsp3) is 0.316. The summed E-state index contributed by atoms with van der Waals surface area (Å²) in [7, 11) is -3.23. The number of fused-ring (bicyclic) bond motifs is 1. The van der Waals surface area contributed by atoms with Crippen LogP contribution in [0.1, 0.15) is 36.6 Å². The maximum atomic E-state index is 12.4. The van der Waals surface area contributed by atoms with Gasteiger partial charge in [-0.2, -0.15) is 0 Å². The summed E-state index contributed by atoms with van der Waals surface area (Å²) >= 11 is 0. The SMILES string of the molecule is C[C@@H](NC(=O)N[C@@H]1CCOc2ccccc21)c1ccc(S(C)(=O)=O)cc1. The number of urea groups is 1. The minimum Gasteiger partial charge on any atom is -0.493 e. The van der Waals surface area contributed by atoms with E-state index >= 15 is 0 Å². The molecule has 2 aromatic carbocycles. The molecular formula is C19H22N2O4S. The zero-order valence-corrected chi connectivity index (χ0v) is 15.5. The van der Waals surface area contributed by atoms with Crippen LogP contribution in [0.3, 0.4) is 0 Å². The summed E-state index contributed by atoms with van der Waals surface area (Å²) in [5, 5.41) is 5.88. The number of hydrogen-bond donors (Lipinski definition) is 2. The Bertz CT molecular complexity index is 894. The Balaban J connectivity index is 1.63. The van der Waals surface area contributed by atoms with Crippen molar-refractivity contribution in [1.29, 1.82) is 0 Å². The fourth-order valence-electron chi connectivity index (χ4n) is 2.98. The van der Waals surface area contributed by atoms with E-state index in [-0.39, 0.29) is 23.0 Å². The van der Waals surface area contributed by atoms with Crippen molar-refractivity contribution in [2.45, 2.75) is 30.3 Å². The van der Waals surface area contributed by atoms with Crippen molar-refractivity contribution in [3.63, 3.8) is 0 Å². The predicted molar refractivity (Wildman–Crippen MR) is 98.9 cm³/mol. The first-order chi connectivity index (χ1) is 12.3. The molecule has 1 aliphatic heterocycles. The Labute approximate surface area is 153 Å². The first-order valence-corrected chi connectivity index (χ1v) is 10.3. The molecule has 0 aliphatic carbocycles. The average Bonchev–Trinajstić information content (AvgIpc) is 2.61. The van der Waals surface area contributed by atoms with Crippen molar-refractivity contribution in [3.8, 4) is 5.75 Å². The third-order valence-corrected chi connectivity index (χ3v) is 5.55. The molecule has 2 amide bonds. The van der Waals surface area contributed by atoms with Crippen LogP contribution in [0.25, 0.3) is 0 Å². The van der Waals surface area contributed by atoms with Gasteiger partial charge in [0.15, 0.2) is 9.84 Å². The maximum Gasteiger partial charge on any atom is 0.315 e. The van der Waals surface area contributed by atoms with E-state index in [0.29, 0.717) is 13.0 Å². The molecule has 138 valence electrons. The second-order valence-electron chi connectivity index (χ2n) is 6.41. The van der Waals surface area contributed by atoms with Crippen LogP contribution in [0.4, 0.5) is 4.79 Å². The van der Waals surface area contributed by atoms with Crippen LogP contribution < -0.4 is 15.4 Å². The summed E-state index contributed by atoms with van der Waals surface area (Å²) in [5.74, 6) is 0.800. The number of benzene rings is 2. The quantitative estimate of drug-likeness (QED) is 0.862. The Hall–Kier alpha value is -2.54. The number of para-hydroxylation sites is 1. The van der Waals surface area contributed by atoms with E-state index in [0.717, 1.165) is 16.9 Å². The molecule has 6 nitrogen and oxygen atoms in total. The van der Waals surface area contributed by atoms with Gasteiger partial charge in [0.05, 0.1) is 23.6 Å². The summed E-state index contributed by atoms with van der Waals surface area (Å²) < 4.78 is 28.7. The van der Waals surface area contributed by atoms with Gasteiger partial charge in [0.25, 0.3) is 0 Å². The highest BCUT2D eigenvalue weighted by Crippen LogP contribution is 2.31. The van der Waals surface area contributed by atoms with Gasteiger partial charge < -0.3 is 15.4 Å². The van der Waals surface area contributed by atoms with Gasteiger partial charge in [-0.05, 0) is 30.7 Å². The topological polar surface area (TPSA) is 84.5 Å². The van der Waals surface area contributed by atoms with E-state index < -0.39 is 9.84 Å². The molecule has 2 aromatic rings. The summed E-state index contributed by atoms with van der Waals surface area (Å²) in [6.07, 6.45) is 1.88. The molecule has 1 aliphatic rings. The Kier molecular flexibility index (Phi) is 5.18. The molecule has 7 heteroatoms. The molecule has 0 unspecified atom stereocenters. The van der Waals surface area contributed by atoms with Crippen molar-refractivity contribution in [3.05, 3.63) is 59.7 Å². The second-order valence-corrected chi connectivity index (χ2v) is 8.42.